The average Bonchev–Trinajstić information content (AvgIpc) is 2.98. The third kappa shape index (κ3) is 2.68. The van der Waals surface area contributed by atoms with Crippen LogP contribution in [0.4, 0.5) is 0 Å². The largest absolute Gasteiger partial charge is 0.394 e. The van der Waals surface area contributed by atoms with Crippen molar-refractivity contribution in [2.24, 2.45) is 5.92 Å². The molecule has 21 heavy (non-hydrogen) atoms. The lowest BCUT2D eigenvalue weighted by Gasteiger charge is -2.38. The first-order valence-electron chi connectivity index (χ1n) is 7.63. The van der Waals surface area contributed by atoms with Gasteiger partial charge in [-0.3, -0.25) is 4.79 Å². The number of rotatable bonds is 3. The van der Waals surface area contributed by atoms with E-state index in [4.69, 9.17) is 0 Å². The Morgan fingerprint density at radius 3 is 2.86 bits per heavy atom. The first kappa shape index (κ1) is 14.1. The van der Waals surface area contributed by atoms with E-state index < -0.39 is 5.54 Å². The second kappa shape index (κ2) is 5.53. The smallest absolute Gasteiger partial charge is 0.253 e. The van der Waals surface area contributed by atoms with Crippen molar-refractivity contribution in [1.82, 2.24) is 10.3 Å². The van der Waals surface area contributed by atoms with Crippen LogP contribution in [0.5, 0.6) is 0 Å². The van der Waals surface area contributed by atoms with Crippen molar-refractivity contribution >= 4 is 16.8 Å². The molecule has 2 aromatic rings. The summed E-state index contributed by atoms with van der Waals surface area (Å²) in [5, 5.41) is 13.9. The van der Waals surface area contributed by atoms with Crippen LogP contribution in [0.3, 0.4) is 0 Å². The normalized spacial score (nSPS) is 25.9. The molecule has 112 valence electrons. The van der Waals surface area contributed by atoms with Crippen LogP contribution in [0.1, 0.15) is 43.0 Å². The number of fused-ring (bicyclic) bond motifs is 1. The summed E-state index contributed by atoms with van der Waals surface area (Å²) >= 11 is 0. The van der Waals surface area contributed by atoms with Gasteiger partial charge in [0.25, 0.3) is 5.91 Å². The van der Waals surface area contributed by atoms with Crippen molar-refractivity contribution in [1.29, 1.82) is 0 Å². The maximum atomic E-state index is 12.6. The number of aliphatic hydroxyl groups excluding tert-OH is 1. The van der Waals surface area contributed by atoms with E-state index in [0.717, 1.165) is 36.6 Å². The highest BCUT2D eigenvalue weighted by atomic mass is 16.3. The van der Waals surface area contributed by atoms with E-state index in [0.29, 0.717) is 11.5 Å². The highest BCUT2D eigenvalue weighted by molar-refractivity contribution is 6.05. The number of aliphatic hydroxyl groups is 1. The lowest BCUT2D eigenvalue weighted by molar-refractivity contribution is 0.0718. The lowest BCUT2D eigenvalue weighted by atomic mass is 9.77. The molecule has 4 nitrogen and oxygen atoms in total. The van der Waals surface area contributed by atoms with Crippen LogP contribution in [0.15, 0.2) is 30.5 Å². The van der Waals surface area contributed by atoms with Crippen molar-refractivity contribution in [2.75, 3.05) is 6.61 Å². The van der Waals surface area contributed by atoms with Gasteiger partial charge in [-0.1, -0.05) is 19.1 Å². The fraction of sp³-hybridized carbons (Fsp3) is 0.471. The summed E-state index contributed by atoms with van der Waals surface area (Å²) in [4.78, 5) is 15.7. The lowest BCUT2D eigenvalue weighted by Crippen LogP contribution is -2.53. The van der Waals surface area contributed by atoms with Gasteiger partial charge in [0.2, 0.25) is 0 Å². The van der Waals surface area contributed by atoms with E-state index in [1.54, 1.807) is 0 Å². The van der Waals surface area contributed by atoms with Gasteiger partial charge in [-0.05, 0) is 43.7 Å². The van der Waals surface area contributed by atoms with Crippen molar-refractivity contribution in [3.05, 3.63) is 36.0 Å². The second-order valence-electron chi connectivity index (χ2n) is 6.32. The summed E-state index contributed by atoms with van der Waals surface area (Å²) in [6.45, 7) is 2.23. The van der Waals surface area contributed by atoms with E-state index in [9.17, 15) is 9.90 Å². The van der Waals surface area contributed by atoms with E-state index in [1.165, 1.54) is 0 Å². The van der Waals surface area contributed by atoms with Gasteiger partial charge in [0.05, 0.1) is 23.2 Å². The van der Waals surface area contributed by atoms with Gasteiger partial charge in [-0.15, -0.1) is 0 Å². The van der Waals surface area contributed by atoms with E-state index in [2.05, 4.69) is 17.2 Å². The summed E-state index contributed by atoms with van der Waals surface area (Å²) in [5.41, 5.74) is 1.04. The summed E-state index contributed by atoms with van der Waals surface area (Å²) < 4.78 is 0. The van der Waals surface area contributed by atoms with Gasteiger partial charge in [0.1, 0.15) is 0 Å². The van der Waals surface area contributed by atoms with Crippen LogP contribution in [0, 0.1) is 5.92 Å². The molecule has 1 aromatic carbocycles. The van der Waals surface area contributed by atoms with Gasteiger partial charge in [0, 0.05) is 11.6 Å². The van der Waals surface area contributed by atoms with Crippen LogP contribution >= 0.6 is 0 Å². The zero-order valence-corrected chi connectivity index (χ0v) is 12.4. The van der Waals surface area contributed by atoms with Crippen LogP contribution in [-0.2, 0) is 0 Å². The van der Waals surface area contributed by atoms with Gasteiger partial charge in [-0.25, -0.2) is 0 Å². The molecule has 1 aliphatic carbocycles. The Hall–Kier alpha value is -1.81. The molecule has 3 rings (SSSR count). The molecule has 0 spiro atoms. The summed E-state index contributed by atoms with van der Waals surface area (Å²) in [6, 6.07) is 7.65. The number of aromatic amines is 1. The van der Waals surface area contributed by atoms with Crippen LogP contribution in [0.2, 0.25) is 0 Å². The number of nitrogens with one attached hydrogen (secondary N) is 2. The molecule has 1 saturated carbocycles. The maximum absolute atomic E-state index is 12.6. The van der Waals surface area contributed by atoms with Crippen molar-refractivity contribution in [3.8, 4) is 0 Å². The fourth-order valence-electron chi connectivity index (χ4n) is 3.22. The van der Waals surface area contributed by atoms with Gasteiger partial charge >= 0.3 is 0 Å². The van der Waals surface area contributed by atoms with Crippen molar-refractivity contribution < 1.29 is 9.90 Å². The molecule has 1 aromatic heterocycles. The molecule has 1 fully saturated rings. The Morgan fingerprint density at radius 1 is 1.38 bits per heavy atom. The monoisotopic (exact) mass is 286 g/mol. The van der Waals surface area contributed by atoms with Crippen molar-refractivity contribution in [2.45, 2.75) is 38.1 Å². The van der Waals surface area contributed by atoms with Crippen LogP contribution in [-0.4, -0.2) is 28.1 Å². The van der Waals surface area contributed by atoms with E-state index >= 15 is 0 Å². The minimum atomic E-state index is -0.460. The third-order valence-electron chi connectivity index (χ3n) is 4.74. The summed E-state index contributed by atoms with van der Waals surface area (Å²) in [5.74, 6) is 0.570. The SMILES string of the molecule is CC1CCC(CO)(NC(=O)c2cccc3cc[nH]c23)CC1. The number of amides is 1. The highest BCUT2D eigenvalue weighted by Gasteiger charge is 2.35. The minimum Gasteiger partial charge on any atom is -0.394 e. The molecule has 0 unspecified atom stereocenters. The summed E-state index contributed by atoms with van der Waals surface area (Å²) in [7, 11) is 0. The number of carbonyl (C=O) groups is 1. The standard InChI is InChI=1S/C17H22N2O2/c1-12-5-8-17(11-20,9-6-12)19-16(21)14-4-2-3-13-7-10-18-15(13)14/h2-4,7,10,12,18,20H,5-6,8-9,11H2,1H3,(H,19,21). The molecule has 3 N–H and O–H groups in total. The quantitative estimate of drug-likeness (QED) is 0.812. The molecule has 1 amide bonds. The molecule has 1 aliphatic rings. The molecule has 0 aliphatic heterocycles. The van der Waals surface area contributed by atoms with Gasteiger partial charge in [0.15, 0.2) is 0 Å². The van der Waals surface area contributed by atoms with Gasteiger partial charge in [-0.2, -0.15) is 0 Å². The first-order valence-corrected chi connectivity index (χ1v) is 7.63. The Labute approximate surface area is 124 Å². The number of H-pyrrole nitrogens is 1. The van der Waals surface area contributed by atoms with Crippen molar-refractivity contribution in [3.63, 3.8) is 0 Å². The molecule has 0 saturated heterocycles. The predicted molar refractivity (Wildman–Crippen MR) is 83.2 cm³/mol. The summed E-state index contributed by atoms with van der Waals surface area (Å²) in [6.07, 6.45) is 5.63. The van der Waals surface area contributed by atoms with Crippen LogP contribution < -0.4 is 5.32 Å². The molecular formula is C17H22N2O2. The average molecular weight is 286 g/mol. The second-order valence-corrected chi connectivity index (χ2v) is 6.32. The molecule has 0 radical (unpaired) electrons. The van der Waals surface area contributed by atoms with E-state index in [-0.39, 0.29) is 12.5 Å². The molecular weight excluding hydrogens is 264 g/mol. The first-order chi connectivity index (χ1) is 10.1. The third-order valence-corrected chi connectivity index (χ3v) is 4.74. The Balaban J connectivity index is 1.83. The Kier molecular flexibility index (Phi) is 3.72. The minimum absolute atomic E-state index is 0.00611. The molecule has 4 heteroatoms. The van der Waals surface area contributed by atoms with Crippen LogP contribution in [0.25, 0.3) is 10.9 Å². The number of hydrogen-bond acceptors (Lipinski definition) is 2. The number of aromatic nitrogens is 1. The highest BCUT2D eigenvalue weighted by Crippen LogP contribution is 2.32. The zero-order chi connectivity index (χ0) is 14.9. The predicted octanol–water partition coefficient (Wildman–Crippen LogP) is 2.84. The number of hydrogen-bond donors (Lipinski definition) is 3. The molecule has 0 bridgehead atoms. The topological polar surface area (TPSA) is 65.1 Å². The fourth-order valence-corrected chi connectivity index (χ4v) is 3.22. The van der Waals surface area contributed by atoms with E-state index in [1.807, 2.05) is 30.5 Å². The molecule has 0 atom stereocenters. The Bertz CT molecular complexity index is 639. The van der Waals surface area contributed by atoms with Gasteiger partial charge < -0.3 is 15.4 Å². The maximum Gasteiger partial charge on any atom is 0.253 e. The number of para-hydroxylation sites is 1. The number of benzene rings is 1. The Morgan fingerprint density at radius 2 is 2.14 bits per heavy atom. The zero-order valence-electron chi connectivity index (χ0n) is 12.4. The number of carbonyl (C=O) groups excluding carboxylic acids is 1. The molecule has 1 heterocycles.